The van der Waals surface area contributed by atoms with Crippen molar-refractivity contribution in [2.45, 2.75) is 20.8 Å². The van der Waals surface area contributed by atoms with Crippen LogP contribution in [0.1, 0.15) is 19.4 Å². The zero-order valence-corrected chi connectivity index (χ0v) is 10.8. The number of carbonyl (C=O) groups excluding carboxylic acids is 1. The maximum atomic E-state index is 11.2. The highest BCUT2D eigenvalue weighted by atomic mass is 35.5. The zero-order valence-electron chi connectivity index (χ0n) is 10.0. The van der Waals surface area contributed by atoms with Gasteiger partial charge in [0.2, 0.25) is 0 Å². The van der Waals surface area contributed by atoms with Crippen LogP contribution in [-0.4, -0.2) is 18.1 Å². The van der Waals surface area contributed by atoms with Gasteiger partial charge in [-0.15, -0.1) is 0 Å². The van der Waals surface area contributed by atoms with Gasteiger partial charge in [0.1, 0.15) is 0 Å². The molecule has 0 aliphatic heterocycles. The van der Waals surface area contributed by atoms with Crippen molar-refractivity contribution in [2.75, 3.05) is 12.4 Å². The molecule has 0 heterocycles. The van der Waals surface area contributed by atoms with Crippen molar-refractivity contribution in [1.82, 2.24) is 5.01 Å². The van der Waals surface area contributed by atoms with Crippen molar-refractivity contribution in [2.24, 2.45) is 5.84 Å². The molecule has 0 aliphatic rings. The number of benzene rings is 1. The first kappa shape index (κ1) is 14.7. The van der Waals surface area contributed by atoms with Crippen molar-refractivity contribution in [1.29, 1.82) is 0 Å². The number of halogens is 1. The molecule has 90 valence electrons. The van der Waals surface area contributed by atoms with E-state index in [0.29, 0.717) is 10.7 Å². The molecule has 1 rings (SSSR count). The monoisotopic (exact) mass is 243 g/mol. The van der Waals surface area contributed by atoms with E-state index in [1.165, 1.54) is 7.05 Å². The maximum absolute atomic E-state index is 11.2. The third-order valence-corrected chi connectivity index (χ3v) is 2.15. The van der Waals surface area contributed by atoms with Crippen LogP contribution in [0.3, 0.4) is 0 Å². The molecular formula is C11H18ClN3O. The lowest BCUT2D eigenvalue weighted by atomic mass is 10.2. The summed E-state index contributed by atoms with van der Waals surface area (Å²) < 4.78 is 0. The van der Waals surface area contributed by atoms with Crippen LogP contribution in [0.25, 0.3) is 0 Å². The Morgan fingerprint density at radius 2 is 2.00 bits per heavy atom. The largest absolute Gasteiger partial charge is 0.335 e. The van der Waals surface area contributed by atoms with Crippen molar-refractivity contribution >= 4 is 23.3 Å². The second-order valence-electron chi connectivity index (χ2n) is 3.01. The summed E-state index contributed by atoms with van der Waals surface area (Å²) in [5.41, 5.74) is 1.58. The van der Waals surface area contributed by atoms with E-state index in [1.807, 2.05) is 20.8 Å². The van der Waals surface area contributed by atoms with Gasteiger partial charge >= 0.3 is 6.03 Å². The Hall–Kier alpha value is -1.26. The van der Waals surface area contributed by atoms with E-state index in [9.17, 15) is 4.79 Å². The highest BCUT2D eigenvalue weighted by Gasteiger charge is 2.04. The second-order valence-corrected chi connectivity index (χ2v) is 3.41. The summed E-state index contributed by atoms with van der Waals surface area (Å²) in [6.45, 7) is 5.87. The highest BCUT2D eigenvalue weighted by molar-refractivity contribution is 6.31. The number of nitrogens with two attached hydrogens (primary N) is 1. The van der Waals surface area contributed by atoms with Gasteiger partial charge in [0.25, 0.3) is 0 Å². The topological polar surface area (TPSA) is 58.4 Å². The predicted molar refractivity (Wildman–Crippen MR) is 68.5 cm³/mol. The minimum atomic E-state index is -0.369. The number of hydrogen-bond donors (Lipinski definition) is 2. The van der Waals surface area contributed by atoms with Gasteiger partial charge in [-0.1, -0.05) is 25.4 Å². The molecule has 0 saturated heterocycles. The lowest BCUT2D eigenvalue weighted by Crippen LogP contribution is -2.36. The molecule has 0 unspecified atom stereocenters. The van der Waals surface area contributed by atoms with Gasteiger partial charge in [0.15, 0.2) is 0 Å². The normalized spacial score (nSPS) is 8.88. The lowest BCUT2D eigenvalue weighted by Gasteiger charge is -2.12. The molecule has 5 heteroatoms. The molecule has 0 spiro atoms. The minimum absolute atomic E-state index is 0.369. The van der Waals surface area contributed by atoms with Gasteiger partial charge in [-0.25, -0.2) is 10.6 Å². The van der Waals surface area contributed by atoms with Crippen LogP contribution in [-0.2, 0) is 0 Å². The number of amides is 2. The summed E-state index contributed by atoms with van der Waals surface area (Å²) in [6.07, 6.45) is 0. The molecule has 1 aromatic carbocycles. The molecule has 0 fully saturated rings. The molecule has 2 amide bonds. The number of anilines is 1. The molecule has 0 aromatic heterocycles. The van der Waals surface area contributed by atoms with E-state index >= 15 is 0 Å². The van der Waals surface area contributed by atoms with Crippen molar-refractivity contribution in [3.8, 4) is 0 Å². The van der Waals surface area contributed by atoms with E-state index in [-0.39, 0.29) is 6.03 Å². The van der Waals surface area contributed by atoms with Crippen LogP contribution >= 0.6 is 11.6 Å². The molecule has 3 N–H and O–H groups in total. The van der Waals surface area contributed by atoms with Gasteiger partial charge in [0.05, 0.1) is 0 Å². The van der Waals surface area contributed by atoms with Gasteiger partial charge in [-0.2, -0.15) is 0 Å². The number of hydrazine groups is 1. The Balaban J connectivity index is 0.00000106. The summed E-state index contributed by atoms with van der Waals surface area (Å²) >= 11 is 5.83. The van der Waals surface area contributed by atoms with E-state index in [2.05, 4.69) is 5.32 Å². The SMILES string of the molecule is CC.Cc1cc(NC(=O)N(C)N)ccc1Cl. The first-order valence-corrected chi connectivity index (χ1v) is 5.44. The van der Waals surface area contributed by atoms with Crippen LogP contribution in [0, 0.1) is 6.92 Å². The fourth-order valence-electron chi connectivity index (χ4n) is 0.934. The number of aryl methyl sites for hydroxylation is 1. The highest BCUT2D eigenvalue weighted by Crippen LogP contribution is 2.19. The van der Waals surface area contributed by atoms with Crippen LogP contribution in [0.2, 0.25) is 5.02 Å². The van der Waals surface area contributed by atoms with E-state index in [1.54, 1.807) is 18.2 Å². The Morgan fingerprint density at radius 1 is 1.44 bits per heavy atom. The first-order valence-electron chi connectivity index (χ1n) is 5.06. The molecule has 0 radical (unpaired) electrons. The molecule has 16 heavy (non-hydrogen) atoms. The number of hydrogen-bond acceptors (Lipinski definition) is 2. The summed E-state index contributed by atoms with van der Waals surface area (Å²) in [5, 5.41) is 4.26. The van der Waals surface area contributed by atoms with Gasteiger partial charge < -0.3 is 5.32 Å². The summed E-state index contributed by atoms with van der Waals surface area (Å²) in [5.74, 6) is 5.25. The number of rotatable bonds is 1. The lowest BCUT2D eigenvalue weighted by molar-refractivity contribution is 0.223. The van der Waals surface area contributed by atoms with E-state index in [0.717, 1.165) is 10.6 Å². The smallest absolute Gasteiger partial charge is 0.307 e. The molecule has 0 saturated carbocycles. The zero-order chi connectivity index (χ0) is 12.7. The van der Waals surface area contributed by atoms with Gasteiger partial charge in [0, 0.05) is 17.8 Å². The summed E-state index contributed by atoms with van der Waals surface area (Å²) in [7, 11) is 1.47. The second kappa shape index (κ2) is 7.09. The third-order valence-electron chi connectivity index (χ3n) is 1.73. The average molecular weight is 244 g/mol. The van der Waals surface area contributed by atoms with Gasteiger partial charge in [-0.3, -0.25) is 5.01 Å². The van der Waals surface area contributed by atoms with Crippen molar-refractivity contribution in [3.05, 3.63) is 28.8 Å². The van der Waals surface area contributed by atoms with E-state index < -0.39 is 0 Å². The molecule has 4 nitrogen and oxygen atoms in total. The van der Waals surface area contributed by atoms with Crippen molar-refractivity contribution < 1.29 is 4.79 Å². The Morgan fingerprint density at radius 3 is 2.44 bits per heavy atom. The predicted octanol–water partition coefficient (Wildman–Crippen LogP) is 3.01. The average Bonchev–Trinajstić information content (AvgIpc) is 2.26. The van der Waals surface area contributed by atoms with Crippen LogP contribution < -0.4 is 11.2 Å². The number of carbonyl (C=O) groups is 1. The number of nitrogens with one attached hydrogen (secondary N) is 1. The number of urea groups is 1. The Kier molecular flexibility index (Phi) is 6.53. The maximum Gasteiger partial charge on any atom is 0.335 e. The molecule has 0 bridgehead atoms. The van der Waals surface area contributed by atoms with Crippen LogP contribution in [0.15, 0.2) is 18.2 Å². The van der Waals surface area contributed by atoms with Gasteiger partial charge in [-0.05, 0) is 30.7 Å². The first-order chi connectivity index (χ1) is 7.50. The fraction of sp³-hybridized carbons (Fsp3) is 0.364. The van der Waals surface area contributed by atoms with Crippen molar-refractivity contribution in [3.63, 3.8) is 0 Å². The summed E-state index contributed by atoms with van der Waals surface area (Å²) in [4.78, 5) is 11.2. The third kappa shape index (κ3) is 4.51. The Bertz CT molecular complexity index is 353. The molecule has 0 atom stereocenters. The number of nitrogens with zero attached hydrogens (tertiary/aromatic N) is 1. The van der Waals surface area contributed by atoms with Crippen LogP contribution in [0.5, 0.6) is 0 Å². The molecule has 0 aliphatic carbocycles. The molecule has 1 aromatic rings. The standard InChI is InChI=1S/C9H12ClN3O.C2H6/c1-6-5-7(3-4-8(6)10)12-9(14)13(2)11;1-2/h3-5H,11H2,1-2H3,(H,12,14);1-2H3. The summed E-state index contributed by atoms with van der Waals surface area (Å²) in [6, 6.07) is 4.86. The minimum Gasteiger partial charge on any atom is -0.307 e. The fourth-order valence-corrected chi connectivity index (χ4v) is 1.05. The molecular weight excluding hydrogens is 226 g/mol. The van der Waals surface area contributed by atoms with Crippen LogP contribution in [0.4, 0.5) is 10.5 Å². The van der Waals surface area contributed by atoms with E-state index in [4.69, 9.17) is 17.4 Å². The quantitative estimate of drug-likeness (QED) is 0.453. The Labute approximate surface area is 101 Å².